The van der Waals surface area contributed by atoms with Crippen molar-refractivity contribution < 1.29 is 24.5 Å². The van der Waals surface area contributed by atoms with Gasteiger partial charge in [0.25, 0.3) is 0 Å². The molecule has 0 bridgehead atoms. The number of hydrogen-bond donors (Lipinski definition) is 0. The molecule has 5 heteroatoms. The van der Waals surface area contributed by atoms with Crippen LogP contribution in [0.4, 0.5) is 0 Å². The summed E-state index contributed by atoms with van der Waals surface area (Å²) in [5.74, 6) is -3.29. The van der Waals surface area contributed by atoms with Crippen molar-refractivity contribution in [2.45, 2.75) is 12.8 Å². The molecule has 0 heterocycles. The number of carbonyl (C=O) groups excluding carboxylic acids is 2. The van der Waals surface area contributed by atoms with Crippen LogP contribution >= 0.6 is 0 Å². The predicted octanol–water partition coefficient (Wildman–Crippen LogP) is -1.26. The van der Waals surface area contributed by atoms with Gasteiger partial charge in [-0.25, -0.2) is 0 Å². The number of carbonyl (C=O) groups is 2. The van der Waals surface area contributed by atoms with Gasteiger partial charge in [0.1, 0.15) is 5.75 Å². The molecule has 1 atom stereocenters. The minimum atomic E-state index is -1.40. The lowest BCUT2D eigenvalue weighted by Gasteiger charge is -2.18. The summed E-state index contributed by atoms with van der Waals surface area (Å²) in [6, 6.07) is 6.79. The van der Waals surface area contributed by atoms with Crippen LogP contribution in [-0.2, 0) is 16.0 Å². The van der Waals surface area contributed by atoms with E-state index in [0.717, 1.165) is 0 Å². The average Bonchev–Trinajstić information content (AvgIpc) is 2.27. The van der Waals surface area contributed by atoms with E-state index in [4.69, 9.17) is 4.74 Å². The number of hydrogen-bond acceptors (Lipinski definition) is 5. The molecule has 0 unspecified atom stereocenters. The van der Waals surface area contributed by atoms with Crippen molar-refractivity contribution in [3.05, 3.63) is 29.8 Å². The summed E-state index contributed by atoms with van der Waals surface area (Å²) in [5.41, 5.74) is 0.680. The Hall–Kier alpha value is -2.04. The van der Waals surface area contributed by atoms with Crippen LogP contribution in [0, 0.1) is 5.92 Å². The number of benzene rings is 1. The van der Waals surface area contributed by atoms with Gasteiger partial charge in [-0.2, -0.15) is 0 Å². The maximum absolute atomic E-state index is 10.8. The highest BCUT2D eigenvalue weighted by Crippen LogP contribution is 2.17. The van der Waals surface area contributed by atoms with Crippen LogP contribution in [0.3, 0.4) is 0 Å². The van der Waals surface area contributed by atoms with Crippen molar-refractivity contribution in [1.82, 2.24) is 0 Å². The van der Waals surface area contributed by atoms with Crippen LogP contribution in [0.1, 0.15) is 12.0 Å². The van der Waals surface area contributed by atoms with Crippen LogP contribution in [-0.4, -0.2) is 19.0 Å². The number of rotatable bonds is 6. The first-order valence-corrected chi connectivity index (χ1v) is 5.06. The smallest absolute Gasteiger partial charge is 0.119 e. The Labute approximate surface area is 98.6 Å². The molecule has 0 aliphatic carbocycles. The minimum Gasteiger partial charge on any atom is -0.550 e. The zero-order valence-corrected chi connectivity index (χ0v) is 9.34. The highest BCUT2D eigenvalue weighted by atomic mass is 16.5. The summed E-state index contributed by atoms with van der Waals surface area (Å²) in [7, 11) is 1.50. The summed E-state index contributed by atoms with van der Waals surface area (Å²) in [6.07, 6.45) is -0.479. The molecule has 0 saturated carbocycles. The van der Waals surface area contributed by atoms with E-state index < -0.39 is 24.3 Å². The normalized spacial score (nSPS) is 11.8. The van der Waals surface area contributed by atoms with Gasteiger partial charge in [0.2, 0.25) is 0 Å². The van der Waals surface area contributed by atoms with Gasteiger partial charge in [-0.3, -0.25) is 0 Å². The maximum atomic E-state index is 10.8. The molecule has 1 rings (SSSR count). The Morgan fingerprint density at radius 2 is 2.06 bits per heavy atom. The number of carboxylic acids is 2. The topological polar surface area (TPSA) is 89.5 Å². The van der Waals surface area contributed by atoms with E-state index in [2.05, 4.69) is 0 Å². The fourth-order valence-corrected chi connectivity index (χ4v) is 1.52. The van der Waals surface area contributed by atoms with Crippen LogP contribution in [0.15, 0.2) is 24.3 Å². The largest absolute Gasteiger partial charge is 0.550 e. The zero-order valence-electron chi connectivity index (χ0n) is 9.34. The van der Waals surface area contributed by atoms with E-state index in [1.165, 1.54) is 7.11 Å². The van der Waals surface area contributed by atoms with Crippen LogP contribution < -0.4 is 14.9 Å². The highest BCUT2D eigenvalue weighted by Gasteiger charge is 2.11. The van der Waals surface area contributed by atoms with Gasteiger partial charge in [0, 0.05) is 17.9 Å². The van der Waals surface area contributed by atoms with Crippen molar-refractivity contribution in [1.29, 1.82) is 0 Å². The molecule has 0 N–H and O–H groups in total. The molecular formula is C12H12O5-2. The maximum Gasteiger partial charge on any atom is 0.119 e. The molecule has 0 aliphatic heterocycles. The van der Waals surface area contributed by atoms with E-state index in [-0.39, 0.29) is 6.42 Å². The summed E-state index contributed by atoms with van der Waals surface area (Å²) in [6.45, 7) is 0. The summed E-state index contributed by atoms with van der Waals surface area (Å²) >= 11 is 0. The Bertz CT molecular complexity index is 413. The second-order valence-corrected chi connectivity index (χ2v) is 3.65. The minimum absolute atomic E-state index is 0.0769. The van der Waals surface area contributed by atoms with Gasteiger partial charge in [0.15, 0.2) is 0 Å². The van der Waals surface area contributed by atoms with Gasteiger partial charge >= 0.3 is 0 Å². The predicted molar refractivity (Wildman–Crippen MR) is 54.8 cm³/mol. The molecule has 1 aromatic carbocycles. The van der Waals surface area contributed by atoms with Crippen molar-refractivity contribution in [2.24, 2.45) is 5.92 Å². The molecule has 5 nitrogen and oxygen atoms in total. The molecular weight excluding hydrogens is 224 g/mol. The van der Waals surface area contributed by atoms with Gasteiger partial charge < -0.3 is 24.5 Å². The molecule has 0 fully saturated rings. The molecule has 0 aromatic heterocycles. The lowest BCUT2D eigenvalue weighted by molar-refractivity contribution is -0.320. The van der Waals surface area contributed by atoms with Crippen LogP contribution in [0.25, 0.3) is 0 Å². The van der Waals surface area contributed by atoms with Crippen LogP contribution in [0.5, 0.6) is 5.75 Å². The Kier molecular flexibility index (Phi) is 4.51. The summed E-state index contributed by atoms with van der Waals surface area (Å²) < 4.78 is 4.99. The Morgan fingerprint density at radius 3 is 2.59 bits per heavy atom. The lowest BCUT2D eigenvalue weighted by Crippen LogP contribution is -2.37. The first kappa shape index (κ1) is 13.0. The monoisotopic (exact) mass is 236 g/mol. The van der Waals surface area contributed by atoms with Crippen molar-refractivity contribution >= 4 is 11.9 Å². The molecule has 92 valence electrons. The Balaban J connectivity index is 2.78. The molecule has 1 aromatic rings. The van der Waals surface area contributed by atoms with Gasteiger partial charge in [-0.15, -0.1) is 0 Å². The second kappa shape index (κ2) is 5.89. The molecule has 0 aliphatic rings. The van der Waals surface area contributed by atoms with E-state index >= 15 is 0 Å². The van der Waals surface area contributed by atoms with E-state index in [9.17, 15) is 19.8 Å². The fourth-order valence-electron chi connectivity index (χ4n) is 1.52. The number of ether oxygens (including phenoxy) is 1. The second-order valence-electron chi connectivity index (χ2n) is 3.65. The average molecular weight is 236 g/mol. The van der Waals surface area contributed by atoms with E-state index in [1.54, 1.807) is 24.3 Å². The van der Waals surface area contributed by atoms with E-state index in [1.807, 2.05) is 0 Å². The highest BCUT2D eigenvalue weighted by molar-refractivity contribution is 5.75. The zero-order chi connectivity index (χ0) is 12.8. The molecule has 0 amide bonds. The number of methoxy groups -OCH3 is 1. The third-order valence-electron chi connectivity index (χ3n) is 2.36. The third-order valence-corrected chi connectivity index (χ3v) is 2.36. The first-order chi connectivity index (χ1) is 8.02. The molecule has 0 radical (unpaired) electrons. The third kappa shape index (κ3) is 4.14. The summed E-state index contributed by atoms with van der Waals surface area (Å²) in [5, 5.41) is 21.2. The van der Waals surface area contributed by atoms with E-state index in [0.29, 0.717) is 11.3 Å². The fraction of sp³-hybridized carbons (Fsp3) is 0.333. The summed E-state index contributed by atoms with van der Waals surface area (Å²) in [4.78, 5) is 21.2. The first-order valence-electron chi connectivity index (χ1n) is 5.06. The van der Waals surface area contributed by atoms with Gasteiger partial charge in [0.05, 0.1) is 7.11 Å². The standard InChI is InChI=1S/C12H14O5/c1-17-10-4-2-3-8(6-10)5-9(12(15)16)7-11(13)14/h2-4,6,9H,5,7H2,1H3,(H,13,14)(H,15,16)/p-2/t9-/m1/s1. The van der Waals surface area contributed by atoms with Crippen molar-refractivity contribution in [3.8, 4) is 5.75 Å². The molecule has 0 saturated heterocycles. The quantitative estimate of drug-likeness (QED) is 0.615. The number of aliphatic carboxylic acids is 2. The van der Waals surface area contributed by atoms with Crippen molar-refractivity contribution in [2.75, 3.05) is 7.11 Å². The lowest BCUT2D eigenvalue weighted by atomic mass is 9.96. The van der Waals surface area contributed by atoms with Crippen LogP contribution in [0.2, 0.25) is 0 Å². The van der Waals surface area contributed by atoms with Crippen molar-refractivity contribution in [3.63, 3.8) is 0 Å². The number of carboxylic acid groups (broad SMARTS) is 2. The SMILES string of the molecule is COc1cccc(C[C@H](CC(=O)[O-])C(=O)[O-])c1. The Morgan fingerprint density at radius 1 is 1.35 bits per heavy atom. The van der Waals surface area contributed by atoms with Gasteiger partial charge in [-0.1, -0.05) is 12.1 Å². The molecule has 0 spiro atoms. The van der Waals surface area contributed by atoms with Gasteiger partial charge in [-0.05, 0) is 30.5 Å². The molecule has 17 heavy (non-hydrogen) atoms.